The van der Waals surface area contributed by atoms with Gasteiger partial charge in [-0.05, 0) is 35.4 Å². The van der Waals surface area contributed by atoms with Crippen molar-refractivity contribution in [1.29, 1.82) is 5.26 Å². The summed E-state index contributed by atoms with van der Waals surface area (Å²) in [4.78, 5) is 15.9. The third-order valence-electron chi connectivity index (χ3n) is 2.91. The maximum Gasteiger partial charge on any atom is 0.271 e. The summed E-state index contributed by atoms with van der Waals surface area (Å²) in [6.45, 7) is 0. The molecule has 0 saturated heterocycles. The van der Waals surface area contributed by atoms with E-state index in [-0.39, 0.29) is 11.6 Å². The van der Waals surface area contributed by atoms with E-state index in [1.54, 1.807) is 12.1 Å². The summed E-state index contributed by atoms with van der Waals surface area (Å²) >= 11 is 0. The Morgan fingerprint density at radius 2 is 2.32 bits per heavy atom. The van der Waals surface area contributed by atoms with Crippen LogP contribution in [0.25, 0.3) is 5.69 Å². The van der Waals surface area contributed by atoms with Gasteiger partial charge >= 0.3 is 0 Å². The molecule has 1 fully saturated rings. The molecule has 8 heteroatoms. The first-order valence-electron chi connectivity index (χ1n) is 5.66. The molecule has 0 unspecified atom stereocenters. The molecule has 3 rings (SSSR count). The van der Waals surface area contributed by atoms with Crippen molar-refractivity contribution in [1.82, 2.24) is 30.5 Å². The molecule has 0 spiro atoms. The van der Waals surface area contributed by atoms with Gasteiger partial charge in [0, 0.05) is 0 Å². The van der Waals surface area contributed by atoms with Gasteiger partial charge in [-0.25, -0.2) is 4.98 Å². The minimum Gasteiger partial charge on any atom is -0.332 e. The summed E-state index contributed by atoms with van der Waals surface area (Å²) < 4.78 is 1.44. The van der Waals surface area contributed by atoms with Crippen LogP contribution in [0.15, 0.2) is 24.7 Å². The Morgan fingerprint density at radius 1 is 1.47 bits per heavy atom. The van der Waals surface area contributed by atoms with Crippen LogP contribution >= 0.6 is 0 Å². The van der Waals surface area contributed by atoms with E-state index in [0.29, 0.717) is 18.5 Å². The fourth-order valence-electron chi connectivity index (χ4n) is 1.61. The van der Waals surface area contributed by atoms with Gasteiger partial charge in [-0.15, -0.1) is 5.10 Å². The lowest BCUT2D eigenvalue weighted by atomic mass is 10.2. The van der Waals surface area contributed by atoms with Crippen molar-refractivity contribution in [2.45, 2.75) is 18.4 Å². The zero-order valence-electron chi connectivity index (χ0n) is 9.82. The smallest absolute Gasteiger partial charge is 0.271 e. The Balaban J connectivity index is 1.76. The molecule has 1 saturated carbocycles. The summed E-state index contributed by atoms with van der Waals surface area (Å²) in [5, 5.41) is 22.3. The van der Waals surface area contributed by atoms with Crippen LogP contribution in [0.5, 0.6) is 0 Å². The van der Waals surface area contributed by atoms with Gasteiger partial charge in [-0.3, -0.25) is 4.79 Å². The Bertz CT molecular complexity index is 637. The van der Waals surface area contributed by atoms with Crippen molar-refractivity contribution in [3.05, 3.63) is 30.4 Å². The lowest BCUT2D eigenvalue weighted by Gasteiger charge is -2.08. The van der Waals surface area contributed by atoms with Crippen molar-refractivity contribution < 1.29 is 4.79 Å². The van der Waals surface area contributed by atoms with Crippen molar-refractivity contribution in [2.75, 3.05) is 0 Å². The molecular weight excluding hydrogens is 246 g/mol. The van der Waals surface area contributed by atoms with Gasteiger partial charge in [0.15, 0.2) is 0 Å². The van der Waals surface area contributed by atoms with Crippen LogP contribution in [0, 0.1) is 11.3 Å². The lowest BCUT2D eigenvalue weighted by Crippen LogP contribution is -2.36. The number of pyridine rings is 1. The topological polar surface area (TPSA) is 109 Å². The monoisotopic (exact) mass is 255 g/mol. The summed E-state index contributed by atoms with van der Waals surface area (Å²) in [5.74, 6) is -0.345. The first kappa shape index (κ1) is 11.3. The zero-order valence-corrected chi connectivity index (χ0v) is 9.82. The Labute approximate surface area is 108 Å². The molecule has 2 aromatic rings. The van der Waals surface area contributed by atoms with Crippen LogP contribution < -0.4 is 5.32 Å². The van der Waals surface area contributed by atoms with E-state index in [1.165, 1.54) is 17.2 Å². The number of rotatable bonds is 3. The molecule has 0 atom stereocenters. The second-order valence-electron chi connectivity index (χ2n) is 4.30. The number of hydrogen-bond acceptors (Lipinski definition) is 6. The molecule has 0 radical (unpaired) electrons. The minimum atomic E-state index is -0.687. The second kappa shape index (κ2) is 4.13. The highest BCUT2D eigenvalue weighted by Crippen LogP contribution is 2.34. The summed E-state index contributed by atoms with van der Waals surface area (Å²) in [6, 6.07) is 5.35. The first-order valence-corrected chi connectivity index (χ1v) is 5.66. The number of nitrogens with one attached hydrogen (secondary N) is 1. The number of hydrogen-bond donors (Lipinski definition) is 1. The molecule has 1 aliphatic carbocycles. The number of carbonyl (C=O) groups is 1. The molecule has 0 aliphatic heterocycles. The Hall–Kier alpha value is -2.82. The number of tetrazole rings is 1. The molecule has 1 N–H and O–H groups in total. The van der Waals surface area contributed by atoms with E-state index in [2.05, 4.69) is 31.9 Å². The maximum atomic E-state index is 11.9. The SMILES string of the molecule is N#CC1(NC(=O)c2ccc(-n3cnnn3)cn2)CC1. The van der Waals surface area contributed by atoms with Gasteiger partial charge in [0.05, 0.1) is 18.0 Å². The van der Waals surface area contributed by atoms with Crippen LogP contribution in [0.4, 0.5) is 0 Å². The standard InChI is InChI=1S/C11H9N7O/c12-6-11(3-4-11)15-10(19)9-2-1-8(5-13-9)18-7-14-16-17-18/h1-2,5,7H,3-4H2,(H,15,19). The average Bonchev–Trinajstić information content (AvgIpc) is 3.01. The minimum absolute atomic E-state index is 0.262. The van der Waals surface area contributed by atoms with Crippen LogP contribution in [-0.2, 0) is 0 Å². The number of amides is 1. The number of nitrogens with zero attached hydrogens (tertiary/aromatic N) is 6. The van der Waals surface area contributed by atoms with Gasteiger partial charge in [0.25, 0.3) is 5.91 Å². The zero-order chi connectivity index (χ0) is 13.3. The lowest BCUT2D eigenvalue weighted by molar-refractivity contribution is 0.0936. The van der Waals surface area contributed by atoms with E-state index >= 15 is 0 Å². The highest BCUT2D eigenvalue weighted by Gasteiger charge is 2.44. The Morgan fingerprint density at radius 3 is 2.84 bits per heavy atom. The van der Waals surface area contributed by atoms with E-state index in [9.17, 15) is 4.79 Å². The van der Waals surface area contributed by atoms with Gasteiger partial charge in [-0.2, -0.15) is 9.94 Å². The molecule has 0 bridgehead atoms. The van der Waals surface area contributed by atoms with E-state index in [4.69, 9.17) is 5.26 Å². The van der Waals surface area contributed by atoms with Crippen molar-refractivity contribution >= 4 is 5.91 Å². The molecule has 2 aromatic heterocycles. The molecular formula is C11H9N7O. The van der Waals surface area contributed by atoms with Crippen LogP contribution in [0.3, 0.4) is 0 Å². The number of aromatic nitrogens is 5. The quantitative estimate of drug-likeness (QED) is 0.816. The average molecular weight is 255 g/mol. The third kappa shape index (κ3) is 2.13. The first-order chi connectivity index (χ1) is 9.22. The van der Waals surface area contributed by atoms with Crippen LogP contribution in [-0.4, -0.2) is 36.6 Å². The van der Waals surface area contributed by atoms with Gasteiger partial charge in [0.2, 0.25) is 0 Å². The molecule has 1 aliphatic rings. The molecule has 19 heavy (non-hydrogen) atoms. The highest BCUT2D eigenvalue weighted by molar-refractivity contribution is 5.93. The van der Waals surface area contributed by atoms with Crippen molar-refractivity contribution in [3.63, 3.8) is 0 Å². The Kier molecular flexibility index (Phi) is 2.45. The normalized spacial score (nSPS) is 15.5. The molecule has 1 amide bonds. The summed E-state index contributed by atoms with van der Waals surface area (Å²) in [6.07, 6.45) is 4.32. The fraction of sp³-hybridized carbons (Fsp3) is 0.273. The third-order valence-corrected chi connectivity index (χ3v) is 2.91. The molecule has 0 aromatic carbocycles. The van der Waals surface area contributed by atoms with Gasteiger partial charge in [-0.1, -0.05) is 0 Å². The second-order valence-corrected chi connectivity index (χ2v) is 4.30. The largest absolute Gasteiger partial charge is 0.332 e. The van der Waals surface area contributed by atoms with E-state index < -0.39 is 5.54 Å². The van der Waals surface area contributed by atoms with E-state index in [1.807, 2.05) is 0 Å². The number of carbonyl (C=O) groups excluding carboxylic acids is 1. The summed E-state index contributed by atoms with van der Waals surface area (Å²) in [5.41, 5.74) is 0.231. The predicted molar refractivity (Wildman–Crippen MR) is 62.0 cm³/mol. The van der Waals surface area contributed by atoms with Crippen molar-refractivity contribution in [2.24, 2.45) is 0 Å². The van der Waals surface area contributed by atoms with Crippen LogP contribution in [0.2, 0.25) is 0 Å². The predicted octanol–water partition coefficient (Wildman–Crippen LogP) is -0.157. The fourth-order valence-corrected chi connectivity index (χ4v) is 1.61. The van der Waals surface area contributed by atoms with Gasteiger partial charge < -0.3 is 5.32 Å². The van der Waals surface area contributed by atoms with Crippen molar-refractivity contribution in [3.8, 4) is 11.8 Å². The maximum absolute atomic E-state index is 11.9. The van der Waals surface area contributed by atoms with E-state index in [0.717, 1.165) is 0 Å². The molecule has 94 valence electrons. The van der Waals surface area contributed by atoms with Crippen LogP contribution in [0.1, 0.15) is 23.3 Å². The number of nitriles is 1. The van der Waals surface area contributed by atoms with Gasteiger partial charge in [0.1, 0.15) is 17.6 Å². The molecule has 2 heterocycles. The highest BCUT2D eigenvalue weighted by atomic mass is 16.2. The summed E-state index contributed by atoms with van der Waals surface area (Å²) in [7, 11) is 0. The molecule has 8 nitrogen and oxygen atoms in total.